The van der Waals surface area contributed by atoms with E-state index >= 15 is 0 Å². The van der Waals surface area contributed by atoms with Gasteiger partial charge in [0.25, 0.3) is 0 Å². The van der Waals surface area contributed by atoms with Gasteiger partial charge in [-0.05, 0) is 109 Å². The van der Waals surface area contributed by atoms with E-state index in [0.717, 1.165) is 103 Å². The molecule has 0 heterocycles. The van der Waals surface area contributed by atoms with Crippen LogP contribution in [-0.2, 0) is 32.7 Å². The maximum atomic E-state index is 12.8. The van der Waals surface area contributed by atoms with Gasteiger partial charge in [-0.1, -0.05) is 309 Å². The first-order chi connectivity index (χ1) is 41.8. The van der Waals surface area contributed by atoms with E-state index in [4.69, 9.17) is 24.3 Å². The molecule has 0 aliphatic heterocycles. The Balaban J connectivity index is 3.94. The minimum atomic E-state index is -4.40. The molecule has 0 aromatic carbocycles. The van der Waals surface area contributed by atoms with Gasteiger partial charge in [0.05, 0.1) is 13.2 Å². The van der Waals surface area contributed by atoms with Crippen molar-refractivity contribution in [2.45, 2.75) is 315 Å². The molecule has 0 aliphatic rings. The SMILES string of the molecule is CC/C=C\C/C=C\C/C=C\C/C=C\C/C=C\C/C=C\C/C=C\C/C=C\C/C=C\CCCCCCCCCCCC(=O)OC(COC(=O)CCCCCCCCCCCCCCCCC/C=C\CCCCCCCCCC)COP(=O)(O)OCCN. The minimum Gasteiger partial charge on any atom is -0.462 e. The average molecular weight is 1200 g/mol. The number of hydrogen-bond acceptors (Lipinski definition) is 8. The van der Waals surface area contributed by atoms with Crippen molar-refractivity contribution in [3.05, 3.63) is 122 Å². The Kier molecular flexibility index (Phi) is 66.6. The maximum Gasteiger partial charge on any atom is 0.472 e. The molecule has 488 valence electrons. The van der Waals surface area contributed by atoms with Gasteiger partial charge in [-0.2, -0.15) is 0 Å². The van der Waals surface area contributed by atoms with E-state index in [0.29, 0.717) is 6.42 Å². The summed E-state index contributed by atoms with van der Waals surface area (Å²) in [5.74, 6) is -0.831. The highest BCUT2D eigenvalue weighted by Gasteiger charge is 2.26. The Morgan fingerprint density at radius 1 is 0.365 bits per heavy atom. The third-order valence-electron chi connectivity index (χ3n) is 14.8. The topological polar surface area (TPSA) is 134 Å². The highest BCUT2D eigenvalue weighted by Crippen LogP contribution is 2.43. The molecule has 0 aliphatic carbocycles. The fourth-order valence-electron chi connectivity index (χ4n) is 9.68. The molecule has 2 atom stereocenters. The largest absolute Gasteiger partial charge is 0.472 e. The number of nitrogens with two attached hydrogens (primary N) is 1. The minimum absolute atomic E-state index is 0.0481. The summed E-state index contributed by atoms with van der Waals surface area (Å²) >= 11 is 0. The third-order valence-corrected chi connectivity index (χ3v) is 15.8. The van der Waals surface area contributed by atoms with Gasteiger partial charge < -0.3 is 20.1 Å². The Hall–Kier alpha value is -3.59. The molecule has 0 rings (SSSR count). The van der Waals surface area contributed by atoms with Crippen molar-refractivity contribution in [2.75, 3.05) is 26.4 Å². The second-order valence-electron chi connectivity index (χ2n) is 23.0. The standard InChI is InChI=1S/C75H130NO8P/c1-3-5-7-9-11-13-15-17-19-21-23-25-27-29-31-32-33-34-35-36-37-38-39-40-42-44-46-48-50-52-54-56-58-60-62-64-66-68-75(78)84-73(72-83-85(79,80)82-70-69-76)71-81-74(77)67-65-63-61-59-57-55-53-51-49-47-45-43-41-30-28-26-24-22-20-18-16-14-12-10-8-6-4-2/h5,7,11,13,17,19,22-25,29,31,33-34,36-37,39-40,44,46,73H,3-4,6,8-10,12,14-16,18,20-21,26-28,30,32,35,38,41-43,45,47-72,76H2,1-2H3,(H,79,80)/b7-5-,13-11-,19-17-,24-22-,25-23-,31-29-,34-33-,37-36-,40-39-,46-44-. The van der Waals surface area contributed by atoms with Gasteiger partial charge >= 0.3 is 19.8 Å². The van der Waals surface area contributed by atoms with E-state index in [1.54, 1.807) is 0 Å². The van der Waals surface area contributed by atoms with Crippen molar-refractivity contribution in [3.8, 4) is 0 Å². The first-order valence-corrected chi connectivity index (χ1v) is 36.5. The molecule has 3 N–H and O–H groups in total. The van der Waals surface area contributed by atoms with Crippen LogP contribution < -0.4 is 5.73 Å². The first-order valence-electron chi connectivity index (χ1n) is 35.0. The normalized spacial score (nSPS) is 13.7. The van der Waals surface area contributed by atoms with E-state index in [1.165, 1.54) is 173 Å². The van der Waals surface area contributed by atoms with Crippen LogP contribution in [0.3, 0.4) is 0 Å². The van der Waals surface area contributed by atoms with Crippen molar-refractivity contribution < 1.29 is 37.6 Å². The third kappa shape index (κ3) is 69.4. The molecular weight excluding hydrogens is 1070 g/mol. The van der Waals surface area contributed by atoms with Gasteiger partial charge in [0.1, 0.15) is 6.61 Å². The molecule has 10 heteroatoms. The van der Waals surface area contributed by atoms with Crippen LogP contribution >= 0.6 is 7.82 Å². The number of rotatable bonds is 65. The number of esters is 2. The summed E-state index contributed by atoms with van der Waals surface area (Å²) < 4.78 is 33.2. The van der Waals surface area contributed by atoms with E-state index in [-0.39, 0.29) is 38.6 Å². The smallest absolute Gasteiger partial charge is 0.462 e. The molecule has 0 aromatic rings. The lowest BCUT2D eigenvalue weighted by Gasteiger charge is -2.19. The van der Waals surface area contributed by atoms with Gasteiger partial charge in [-0.25, -0.2) is 4.57 Å². The summed E-state index contributed by atoms with van der Waals surface area (Å²) in [7, 11) is -4.40. The second-order valence-corrected chi connectivity index (χ2v) is 24.5. The van der Waals surface area contributed by atoms with Crippen LogP contribution in [0, 0.1) is 0 Å². The lowest BCUT2D eigenvalue weighted by Crippen LogP contribution is -2.29. The molecule has 2 unspecified atom stereocenters. The Bertz CT molecular complexity index is 1810. The van der Waals surface area contributed by atoms with Gasteiger partial charge in [0.15, 0.2) is 6.10 Å². The Labute approximate surface area is 523 Å². The van der Waals surface area contributed by atoms with Crippen LogP contribution in [0.4, 0.5) is 0 Å². The van der Waals surface area contributed by atoms with Crippen molar-refractivity contribution in [3.63, 3.8) is 0 Å². The molecule has 85 heavy (non-hydrogen) atoms. The molecule has 0 fully saturated rings. The van der Waals surface area contributed by atoms with Crippen LogP contribution in [0.2, 0.25) is 0 Å². The summed E-state index contributed by atoms with van der Waals surface area (Å²) in [5, 5.41) is 0. The van der Waals surface area contributed by atoms with Gasteiger partial charge in [0.2, 0.25) is 0 Å². The number of unbranched alkanes of at least 4 members (excludes halogenated alkanes) is 32. The lowest BCUT2D eigenvalue weighted by atomic mass is 10.0. The second kappa shape index (κ2) is 69.5. The fraction of sp³-hybridized carbons (Fsp3) is 0.707. The molecule has 0 amide bonds. The molecule has 0 spiro atoms. The molecule has 9 nitrogen and oxygen atoms in total. The zero-order valence-corrected chi connectivity index (χ0v) is 55.7. The van der Waals surface area contributed by atoms with E-state index in [2.05, 4.69) is 135 Å². The van der Waals surface area contributed by atoms with Gasteiger partial charge in [0, 0.05) is 19.4 Å². The molecule has 0 radical (unpaired) electrons. The highest BCUT2D eigenvalue weighted by atomic mass is 31.2. The highest BCUT2D eigenvalue weighted by molar-refractivity contribution is 7.47. The van der Waals surface area contributed by atoms with Crippen LogP contribution in [0.5, 0.6) is 0 Å². The predicted octanol–water partition coefficient (Wildman–Crippen LogP) is 23.1. The molecular formula is C75H130NO8P. The number of ether oxygens (including phenoxy) is 2. The number of carbonyl (C=O) groups is 2. The average Bonchev–Trinajstić information content (AvgIpc) is 3.52. The predicted molar refractivity (Wildman–Crippen MR) is 367 cm³/mol. The van der Waals surface area contributed by atoms with E-state index < -0.39 is 26.5 Å². The van der Waals surface area contributed by atoms with Crippen molar-refractivity contribution in [1.29, 1.82) is 0 Å². The summed E-state index contributed by atoms with van der Waals surface area (Å²) in [4.78, 5) is 35.4. The van der Waals surface area contributed by atoms with Crippen LogP contribution in [0.15, 0.2) is 122 Å². The van der Waals surface area contributed by atoms with E-state index in [9.17, 15) is 19.0 Å². The van der Waals surface area contributed by atoms with Crippen LogP contribution in [0.1, 0.15) is 309 Å². The molecule has 0 bridgehead atoms. The number of phosphoric acid groups is 1. The van der Waals surface area contributed by atoms with Crippen molar-refractivity contribution in [2.24, 2.45) is 5.73 Å². The number of hydrogen-bond donors (Lipinski definition) is 2. The van der Waals surface area contributed by atoms with Crippen molar-refractivity contribution >= 4 is 19.8 Å². The van der Waals surface area contributed by atoms with Gasteiger partial charge in [-0.3, -0.25) is 18.6 Å². The number of phosphoric ester groups is 1. The number of carbonyl (C=O) groups excluding carboxylic acids is 2. The maximum absolute atomic E-state index is 12.8. The summed E-state index contributed by atoms with van der Waals surface area (Å²) in [6.07, 6.45) is 97.1. The Morgan fingerprint density at radius 3 is 0.976 bits per heavy atom. The molecule has 0 aromatic heterocycles. The van der Waals surface area contributed by atoms with Crippen LogP contribution in [0.25, 0.3) is 0 Å². The number of allylic oxidation sites excluding steroid dienone is 20. The summed E-state index contributed by atoms with van der Waals surface area (Å²) in [6.45, 7) is 3.65. The zero-order valence-electron chi connectivity index (χ0n) is 54.8. The quantitative estimate of drug-likeness (QED) is 0.0264. The molecule has 0 saturated carbocycles. The van der Waals surface area contributed by atoms with Gasteiger partial charge in [-0.15, -0.1) is 0 Å². The summed E-state index contributed by atoms with van der Waals surface area (Å²) in [6, 6.07) is 0. The summed E-state index contributed by atoms with van der Waals surface area (Å²) in [5.41, 5.74) is 5.40. The zero-order chi connectivity index (χ0) is 61.6. The lowest BCUT2D eigenvalue weighted by molar-refractivity contribution is -0.161. The fourth-order valence-corrected chi connectivity index (χ4v) is 10.5. The molecule has 0 saturated heterocycles. The van der Waals surface area contributed by atoms with Crippen molar-refractivity contribution in [1.82, 2.24) is 0 Å². The van der Waals surface area contributed by atoms with Crippen LogP contribution in [-0.4, -0.2) is 49.3 Å². The monoisotopic (exact) mass is 1200 g/mol. The van der Waals surface area contributed by atoms with E-state index in [1.807, 2.05) is 0 Å². The first kappa shape index (κ1) is 81.4. The Morgan fingerprint density at radius 2 is 0.647 bits per heavy atom.